The van der Waals surface area contributed by atoms with Gasteiger partial charge in [-0.3, -0.25) is 4.79 Å². The van der Waals surface area contributed by atoms with E-state index < -0.39 is 0 Å². The van der Waals surface area contributed by atoms with Crippen molar-refractivity contribution in [3.8, 4) is 0 Å². The zero-order valence-corrected chi connectivity index (χ0v) is 10.5. The van der Waals surface area contributed by atoms with Gasteiger partial charge in [-0.2, -0.15) is 0 Å². The fourth-order valence-corrected chi connectivity index (χ4v) is 2.78. The molecule has 1 fully saturated rings. The van der Waals surface area contributed by atoms with Crippen LogP contribution in [0.25, 0.3) is 0 Å². The summed E-state index contributed by atoms with van der Waals surface area (Å²) in [6.07, 6.45) is 9.63. The van der Waals surface area contributed by atoms with Gasteiger partial charge in [0.15, 0.2) is 0 Å². The van der Waals surface area contributed by atoms with Crippen LogP contribution in [0.3, 0.4) is 0 Å². The monoisotopic (exact) mass is 211 g/mol. The Morgan fingerprint density at radius 3 is 1.93 bits per heavy atom. The summed E-state index contributed by atoms with van der Waals surface area (Å²) in [4.78, 5) is 14.0. The van der Waals surface area contributed by atoms with Gasteiger partial charge in [0.05, 0.1) is 0 Å². The Morgan fingerprint density at radius 2 is 1.53 bits per heavy atom. The minimum Gasteiger partial charge on any atom is -0.348 e. The summed E-state index contributed by atoms with van der Waals surface area (Å²) >= 11 is 0. The molecule has 1 saturated carbocycles. The minimum absolute atomic E-state index is 0.0378. The van der Waals surface area contributed by atoms with E-state index in [4.69, 9.17) is 0 Å². The Bertz CT molecular complexity index is 203. The molecule has 0 saturated heterocycles. The summed E-state index contributed by atoms with van der Waals surface area (Å²) in [6, 6.07) is 0. The van der Waals surface area contributed by atoms with Crippen molar-refractivity contribution < 1.29 is 4.79 Å². The Hall–Kier alpha value is -0.530. The van der Waals surface area contributed by atoms with Crippen LogP contribution in [0.4, 0.5) is 0 Å². The van der Waals surface area contributed by atoms with Crippen molar-refractivity contribution >= 4 is 5.91 Å². The van der Waals surface area contributed by atoms with Crippen LogP contribution in [0.1, 0.15) is 58.3 Å². The fraction of sp³-hybridized carbons (Fsp3) is 0.923. The molecule has 0 aromatic heterocycles. The van der Waals surface area contributed by atoms with Crippen LogP contribution in [-0.2, 0) is 4.79 Å². The summed E-state index contributed by atoms with van der Waals surface area (Å²) < 4.78 is 0. The minimum atomic E-state index is -0.0378. The van der Waals surface area contributed by atoms with E-state index in [1.807, 2.05) is 14.1 Å². The zero-order valence-electron chi connectivity index (χ0n) is 10.5. The highest BCUT2D eigenvalue weighted by molar-refractivity contribution is 5.82. The van der Waals surface area contributed by atoms with Crippen LogP contribution >= 0.6 is 0 Å². The van der Waals surface area contributed by atoms with Crippen molar-refractivity contribution in [3.63, 3.8) is 0 Å². The molecule has 0 aliphatic heterocycles. The third-order valence-corrected chi connectivity index (χ3v) is 3.85. The standard InChI is InChI=1S/C13H25NO/c1-4-13(12(15)14(2)3)10-8-6-5-7-9-11-13/h4-11H2,1-3H3. The number of nitrogens with zero attached hydrogens (tertiary/aromatic N) is 1. The Labute approximate surface area is 94.0 Å². The van der Waals surface area contributed by atoms with Gasteiger partial charge in [0.1, 0.15) is 0 Å². The molecule has 1 aliphatic carbocycles. The van der Waals surface area contributed by atoms with Crippen LogP contribution in [0.15, 0.2) is 0 Å². The summed E-state index contributed by atoms with van der Waals surface area (Å²) in [6.45, 7) is 2.17. The Morgan fingerprint density at radius 1 is 1.07 bits per heavy atom. The SMILES string of the molecule is CCC1(C(=O)N(C)C)CCCCCCC1. The van der Waals surface area contributed by atoms with Crippen molar-refractivity contribution in [3.05, 3.63) is 0 Å². The second kappa shape index (κ2) is 5.53. The van der Waals surface area contributed by atoms with E-state index in [0.717, 1.165) is 19.3 Å². The number of hydrogen-bond donors (Lipinski definition) is 0. The fourth-order valence-electron chi connectivity index (χ4n) is 2.78. The third kappa shape index (κ3) is 2.96. The molecule has 0 atom stereocenters. The van der Waals surface area contributed by atoms with Crippen molar-refractivity contribution in [1.82, 2.24) is 4.90 Å². The molecule has 0 N–H and O–H groups in total. The highest BCUT2D eigenvalue weighted by atomic mass is 16.2. The van der Waals surface area contributed by atoms with E-state index >= 15 is 0 Å². The normalized spacial score (nSPS) is 21.5. The summed E-state index contributed by atoms with van der Waals surface area (Å²) in [5, 5.41) is 0. The highest BCUT2D eigenvalue weighted by Crippen LogP contribution is 2.38. The number of carbonyl (C=O) groups is 1. The van der Waals surface area contributed by atoms with E-state index in [1.165, 1.54) is 32.1 Å². The number of carbonyl (C=O) groups excluding carboxylic acids is 1. The zero-order chi connectivity index (χ0) is 11.3. The second-order valence-corrected chi connectivity index (χ2v) is 5.10. The average Bonchev–Trinajstić information content (AvgIpc) is 2.17. The van der Waals surface area contributed by atoms with Gasteiger partial charge in [0.25, 0.3) is 0 Å². The van der Waals surface area contributed by atoms with Crippen LogP contribution < -0.4 is 0 Å². The predicted octanol–water partition coefficient (Wildman–Crippen LogP) is 3.22. The average molecular weight is 211 g/mol. The first-order valence-corrected chi connectivity index (χ1v) is 6.34. The third-order valence-electron chi connectivity index (χ3n) is 3.85. The second-order valence-electron chi connectivity index (χ2n) is 5.10. The molecule has 0 bridgehead atoms. The lowest BCUT2D eigenvalue weighted by Gasteiger charge is -2.35. The van der Waals surface area contributed by atoms with E-state index in [9.17, 15) is 4.79 Å². The molecular formula is C13H25NO. The quantitative estimate of drug-likeness (QED) is 0.687. The summed E-state index contributed by atoms with van der Waals surface area (Å²) in [7, 11) is 3.77. The maximum absolute atomic E-state index is 12.2. The van der Waals surface area contributed by atoms with Crippen LogP contribution in [0.5, 0.6) is 0 Å². The highest BCUT2D eigenvalue weighted by Gasteiger charge is 2.36. The van der Waals surface area contributed by atoms with Crippen LogP contribution in [-0.4, -0.2) is 24.9 Å². The molecule has 0 radical (unpaired) electrons. The molecule has 1 aliphatic rings. The maximum Gasteiger partial charge on any atom is 0.228 e. The van der Waals surface area contributed by atoms with Crippen molar-refractivity contribution in [2.75, 3.05) is 14.1 Å². The lowest BCUT2D eigenvalue weighted by Crippen LogP contribution is -2.40. The first kappa shape index (κ1) is 12.5. The molecule has 1 amide bonds. The van der Waals surface area contributed by atoms with Gasteiger partial charge < -0.3 is 4.90 Å². The number of rotatable bonds is 2. The number of hydrogen-bond acceptors (Lipinski definition) is 1. The molecule has 0 aromatic carbocycles. The molecule has 1 rings (SSSR count). The molecule has 15 heavy (non-hydrogen) atoms. The molecule has 0 aromatic rings. The maximum atomic E-state index is 12.2. The largest absolute Gasteiger partial charge is 0.348 e. The Kier molecular flexibility index (Phi) is 4.62. The van der Waals surface area contributed by atoms with Gasteiger partial charge in [-0.15, -0.1) is 0 Å². The lowest BCUT2D eigenvalue weighted by molar-refractivity contribution is -0.141. The summed E-state index contributed by atoms with van der Waals surface area (Å²) in [5.41, 5.74) is -0.0378. The Balaban J connectivity index is 2.74. The first-order valence-electron chi connectivity index (χ1n) is 6.34. The van der Waals surface area contributed by atoms with Gasteiger partial charge in [-0.1, -0.05) is 39.0 Å². The van der Waals surface area contributed by atoms with Gasteiger partial charge in [0, 0.05) is 19.5 Å². The number of amides is 1. The van der Waals surface area contributed by atoms with E-state index in [-0.39, 0.29) is 5.41 Å². The van der Waals surface area contributed by atoms with Gasteiger partial charge in [-0.25, -0.2) is 0 Å². The summed E-state index contributed by atoms with van der Waals surface area (Å²) in [5.74, 6) is 0.354. The lowest BCUT2D eigenvalue weighted by atomic mass is 9.73. The van der Waals surface area contributed by atoms with Crippen LogP contribution in [0.2, 0.25) is 0 Å². The molecule has 0 spiro atoms. The smallest absolute Gasteiger partial charge is 0.228 e. The first-order chi connectivity index (χ1) is 7.12. The predicted molar refractivity (Wildman–Crippen MR) is 63.7 cm³/mol. The van der Waals surface area contributed by atoms with Crippen molar-refractivity contribution in [1.29, 1.82) is 0 Å². The van der Waals surface area contributed by atoms with E-state index in [1.54, 1.807) is 4.90 Å². The van der Waals surface area contributed by atoms with Gasteiger partial charge in [0.2, 0.25) is 5.91 Å². The van der Waals surface area contributed by atoms with Crippen LogP contribution in [0, 0.1) is 5.41 Å². The van der Waals surface area contributed by atoms with E-state index in [0.29, 0.717) is 5.91 Å². The van der Waals surface area contributed by atoms with Crippen molar-refractivity contribution in [2.24, 2.45) is 5.41 Å². The molecule has 0 heterocycles. The van der Waals surface area contributed by atoms with Crippen molar-refractivity contribution in [2.45, 2.75) is 58.3 Å². The molecule has 2 heteroatoms. The van der Waals surface area contributed by atoms with Gasteiger partial charge >= 0.3 is 0 Å². The van der Waals surface area contributed by atoms with Gasteiger partial charge in [-0.05, 0) is 19.3 Å². The molecule has 0 unspecified atom stereocenters. The molecule has 88 valence electrons. The molecule has 2 nitrogen and oxygen atoms in total. The topological polar surface area (TPSA) is 20.3 Å². The van der Waals surface area contributed by atoms with E-state index in [2.05, 4.69) is 6.92 Å². The molecular weight excluding hydrogens is 186 g/mol.